The molecule has 3 atom stereocenters. The third-order valence-electron chi connectivity index (χ3n) is 6.33. The van der Waals surface area contributed by atoms with Crippen LogP contribution in [0.4, 0.5) is 5.69 Å². The average molecular weight is 366 g/mol. The fourth-order valence-electron chi connectivity index (χ4n) is 4.41. The van der Waals surface area contributed by atoms with E-state index in [1.807, 2.05) is 24.3 Å². The van der Waals surface area contributed by atoms with Gasteiger partial charge in [-0.3, -0.25) is 4.79 Å². The van der Waals surface area contributed by atoms with Gasteiger partial charge in [-0.25, -0.2) is 0 Å². The fraction of sp³-hybridized carbons (Fsp3) is 0.611. The maximum Gasteiger partial charge on any atom is 0.279 e. The topological polar surface area (TPSA) is 33.5 Å². The van der Waals surface area contributed by atoms with Gasteiger partial charge in [-0.15, -0.1) is 0 Å². The Bertz CT molecular complexity index is 569. The van der Waals surface area contributed by atoms with E-state index in [0.29, 0.717) is 17.4 Å². The molecule has 2 N–H and O–H groups in total. The molecule has 1 heterocycles. The summed E-state index contributed by atoms with van der Waals surface area (Å²) < 4.78 is 1.03. The van der Waals surface area contributed by atoms with Crippen LogP contribution in [-0.2, 0) is 4.79 Å². The first-order valence-electron chi connectivity index (χ1n) is 8.19. The number of hydrogen-bond donors (Lipinski definition) is 2. The van der Waals surface area contributed by atoms with Crippen molar-refractivity contribution in [3.05, 3.63) is 28.7 Å². The zero-order valence-electron chi connectivity index (χ0n) is 13.7. The highest BCUT2D eigenvalue weighted by atomic mass is 79.9. The number of likely N-dealkylation sites (tertiary alicyclic amines) is 1. The number of carbonyl (C=O) groups excluding carboxylic acids is 1. The summed E-state index contributed by atoms with van der Waals surface area (Å²) in [6, 6.07) is 7.77. The van der Waals surface area contributed by atoms with Gasteiger partial charge in [0.15, 0.2) is 6.54 Å². The Morgan fingerprint density at radius 1 is 1.32 bits per heavy atom. The van der Waals surface area contributed by atoms with Crippen LogP contribution in [-0.4, -0.2) is 25.5 Å². The van der Waals surface area contributed by atoms with Crippen LogP contribution in [0.5, 0.6) is 0 Å². The van der Waals surface area contributed by atoms with Crippen molar-refractivity contribution in [2.75, 3.05) is 25.0 Å². The zero-order chi connectivity index (χ0) is 16.0. The molecule has 3 nitrogen and oxygen atoms in total. The second kappa shape index (κ2) is 5.64. The predicted molar refractivity (Wildman–Crippen MR) is 92.9 cm³/mol. The number of fused-ring (bicyclic) bond motifs is 2. The lowest BCUT2D eigenvalue weighted by molar-refractivity contribution is -0.910. The van der Waals surface area contributed by atoms with E-state index in [-0.39, 0.29) is 5.91 Å². The van der Waals surface area contributed by atoms with Crippen LogP contribution in [0.25, 0.3) is 0 Å². The number of carbonyl (C=O) groups is 1. The molecule has 0 spiro atoms. The minimum atomic E-state index is 0.125. The highest BCUT2D eigenvalue weighted by Crippen LogP contribution is 2.56. The summed E-state index contributed by atoms with van der Waals surface area (Å²) in [5.41, 5.74) is 1.67. The van der Waals surface area contributed by atoms with E-state index in [0.717, 1.165) is 29.2 Å². The van der Waals surface area contributed by atoms with Gasteiger partial charge in [-0.1, -0.05) is 36.7 Å². The zero-order valence-corrected chi connectivity index (χ0v) is 15.3. The van der Waals surface area contributed by atoms with Gasteiger partial charge in [0.25, 0.3) is 5.91 Å². The predicted octanol–water partition coefficient (Wildman–Crippen LogP) is 2.73. The van der Waals surface area contributed by atoms with Crippen molar-refractivity contribution in [3.8, 4) is 0 Å². The van der Waals surface area contributed by atoms with Gasteiger partial charge in [0.1, 0.15) is 0 Å². The molecule has 1 aromatic rings. The van der Waals surface area contributed by atoms with Gasteiger partial charge in [-0.2, -0.15) is 0 Å². The van der Waals surface area contributed by atoms with Crippen LogP contribution >= 0.6 is 15.9 Å². The average Bonchev–Trinajstić information content (AvgIpc) is 2.59. The quantitative estimate of drug-likeness (QED) is 0.848. The number of hydrogen-bond acceptors (Lipinski definition) is 1. The van der Waals surface area contributed by atoms with Crippen LogP contribution < -0.4 is 10.2 Å². The number of rotatable bonds is 3. The lowest BCUT2D eigenvalue weighted by atomic mass is 9.63. The van der Waals surface area contributed by atoms with Gasteiger partial charge >= 0.3 is 0 Å². The summed E-state index contributed by atoms with van der Waals surface area (Å²) >= 11 is 3.41. The molecular weight excluding hydrogens is 340 g/mol. The summed E-state index contributed by atoms with van der Waals surface area (Å²) in [5.74, 6) is 0.877. The summed E-state index contributed by atoms with van der Waals surface area (Å²) in [4.78, 5) is 13.8. The Morgan fingerprint density at radius 3 is 2.64 bits per heavy atom. The molecule has 22 heavy (non-hydrogen) atoms. The molecule has 3 rings (SSSR count). The van der Waals surface area contributed by atoms with Gasteiger partial charge in [-0.05, 0) is 42.5 Å². The molecule has 1 saturated heterocycles. The second-order valence-corrected chi connectivity index (χ2v) is 8.80. The summed E-state index contributed by atoms with van der Waals surface area (Å²) in [6.07, 6.45) is 2.63. The molecule has 1 aliphatic heterocycles. The van der Waals surface area contributed by atoms with Crippen molar-refractivity contribution < 1.29 is 9.69 Å². The highest BCUT2D eigenvalue weighted by Gasteiger charge is 2.57. The molecule has 1 aliphatic carbocycles. The van der Waals surface area contributed by atoms with Gasteiger partial charge < -0.3 is 10.2 Å². The molecule has 1 saturated carbocycles. The molecule has 4 heteroatoms. The van der Waals surface area contributed by atoms with Crippen molar-refractivity contribution in [3.63, 3.8) is 0 Å². The van der Waals surface area contributed by atoms with E-state index in [1.165, 1.54) is 17.7 Å². The summed E-state index contributed by atoms with van der Waals surface area (Å²) in [6.45, 7) is 10.1. The van der Waals surface area contributed by atoms with Crippen LogP contribution in [0, 0.1) is 16.7 Å². The van der Waals surface area contributed by atoms with E-state index in [1.54, 1.807) is 0 Å². The number of piperidine rings is 1. The van der Waals surface area contributed by atoms with Gasteiger partial charge in [0, 0.05) is 21.5 Å². The Labute approximate surface area is 141 Å². The smallest absolute Gasteiger partial charge is 0.279 e. The van der Waals surface area contributed by atoms with Crippen LogP contribution in [0.1, 0.15) is 33.6 Å². The SMILES string of the molecule is CC1(C)[C@H]2CC[C@]1(C)C[NH+](CC(=O)Nc1ccc(Br)cc1)C2. The third-order valence-corrected chi connectivity index (χ3v) is 6.86. The van der Waals surface area contributed by atoms with Gasteiger partial charge in [0.2, 0.25) is 0 Å². The largest absolute Gasteiger partial charge is 0.326 e. The monoisotopic (exact) mass is 365 g/mol. The molecule has 2 bridgehead atoms. The summed E-state index contributed by atoms with van der Waals surface area (Å²) in [5, 5.41) is 3.02. The van der Waals surface area contributed by atoms with E-state index in [9.17, 15) is 4.79 Å². The third kappa shape index (κ3) is 2.83. The minimum Gasteiger partial charge on any atom is -0.326 e. The number of quaternary nitrogens is 1. The van der Waals surface area contributed by atoms with E-state index in [2.05, 4.69) is 42.0 Å². The van der Waals surface area contributed by atoms with E-state index in [4.69, 9.17) is 0 Å². The van der Waals surface area contributed by atoms with Crippen molar-refractivity contribution in [2.45, 2.75) is 33.6 Å². The number of benzene rings is 1. The molecule has 2 fully saturated rings. The normalized spacial score (nSPS) is 32.7. The summed E-state index contributed by atoms with van der Waals surface area (Å²) in [7, 11) is 0. The Morgan fingerprint density at radius 2 is 2.00 bits per heavy atom. The molecule has 1 aromatic carbocycles. The Hall–Kier alpha value is -0.870. The standard InChI is InChI=1S/C18H25BrN2O/c1-17(2)13-8-9-18(17,3)12-21(10-13)11-16(22)20-15-6-4-14(19)5-7-15/h4-7,13H,8-12H2,1-3H3,(H,20,22)/p+1/t13-,18+/m0/s1. The number of anilines is 1. The molecule has 120 valence electrons. The molecule has 0 radical (unpaired) electrons. The number of halogens is 1. The molecule has 0 aromatic heterocycles. The van der Waals surface area contributed by atoms with Crippen molar-refractivity contribution in [1.82, 2.24) is 0 Å². The van der Waals surface area contributed by atoms with Crippen molar-refractivity contribution in [2.24, 2.45) is 16.7 Å². The first-order chi connectivity index (χ1) is 10.3. The van der Waals surface area contributed by atoms with E-state index >= 15 is 0 Å². The lowest BCUT2D eigenvalue weighted by Gasteiger charge is -2.47. The molecule has 1 amide bonds. The first-order valence-corrected chi connectivity index (χ1v) is 8.98. The Balaban J connectivity index is 1.60. The van der Waals surface area contributed by atoms with Crippen LogP contribution in [0.3, 0.4) is 0 Å². The number of nitrogens with one attached hydrogen (secondary N) is 2. The van der Waals surface area contributed by atoms with Crippen molar-refractivity contribution >= 4 is 27.5 Å². The minimum absolute atomic E-state index is 0.125. The van der Waals surface area contributed by atoms with Gasteiger partial charge in [0.05, 0.1) is 13.1 Å². The van der Waals surface area contributed by atoms with Crippen LogP contribution in [0.15, 0.2) is 28.7 Å². The highest BCUT2D eigenvalue weighted by molar-refractivity contribution is 9.10. The fourth-order valence-corrected chi connectivity index (χ4v) is 4.68. The van der Waals surface area contributed by atoms with Crippen LogP contribution in [0.2, 0.25) is 0 Å². The van der Waals surface area contributed by atoms with Crippen molar-refractivity contribution in [1.29, 1.82) is 0 Å². The number of amides is 1. The molecule has 1 unspecified atom stereocenters. The lowest BCUT2D eigenvalue weighted by Crippen LogP contribution is -3.16. The second-order valence-electron chi connectivity index (χ2n) is 7.88. The molecular formula is C18H26BrN2O+. The first kappa shape index (κ1) is 16.0. The van der Waals surface area contributed by atoms with E-state index < -0.39 is 0 Å². The Kier molecular flexibility index (Phi) is 4.11. The maximum absolute atomic E-state index is 12.3. The molecule has 2 aliphatic rings. The maximum atomic E-state index is 12.3.